The molecule has 9 heteroatoms. The van der Waals surface area contributed by atoms with Gasteiger partial charge in [-0.2, -0.15) is 0 Å². The SMILES string of the molecule is I.NC(=NCCCN1CCOCC1)NCCc1nnc2ccccn12. The Morgan fingerprint density at radius 1 is 1.28 bits per heavy atom. The Kier molecular flexibility index (Phi) is 8.35. The Morgan fingerprint density at radius 2 is 2.12 bits per heavy atom. The summed E-state index contributed by atoms with van der Waals surface area (Å²) in [5, 5.41) is 11.5. The van der Waals surface area contributed by atoms with E-state index in [9.17, 15) is 0 Å². The van der Waals surface area contributed by atoms with Crippen LogP contribution in [0.2, 0.25) is 0 Å². The van der Waals surface area contributed by atoms with Gasteiger partial charge in [-0.15, -0.1) is 34.2 Å². The van der Waals surface area contributed by atoms with Crippen molar-refractivity contribution in [3.05, 3.63) is 30.2 Å². The first-order chi connectivity index (χ1) is 11.8. The number of hydrogen-bond donors (Lipinski definition) is 2. The molecule has 0 saturated carbocycles. The zero-order chi connectivity index (χ0) is 16.6. The number of guanidine groups is 1. The molecule has 0 aliphatic carbocycles. The van der Waals surface area contributed by atoms with Crippen LogP contribution in [0.15, 0.2) is 29.4 Å². The summed E-state index contributed by atoms with van der Waals surface area (Å²) in [4.78, 5) is 6.77. The number of ether oxygens (including phenoxy) is 1. The lowest BCUT2D eigenvalue weighted by Gasteiger charge is -2.26. The van der Waals surface area contributed by atoms with Gasteiger partial charge in [0.15, 0.2) is 11.6 Å². The summed E-state index contributed by atoms with van der Waals surface area (Å²) in [6, 6.07) is 5.86. The van der Waals surface area contributed by atoms with E-state index in [-0.39, 0.29) is 24.0 Å². The molecule has 25 heavy (non-hydrogen) atoms. The number of nitrogens with zero attached hydrogens (tertiary/aromatic N) is 5. The largest absolute Gasteiger partial charge is 0.379 e. The number of aliphatic imine (C=N–C) groups is 1. The number of morpholine rings is 1. The fraction of sp³-hybridized carbons (Fsp3) is 0.562. The van der Waals surface area contributed by atoms with E-state index in [0.717, 1.165) is 63.7 Å². The van der Waals surface area contributed by atoms with Crippen LogP contribution in [0.1, 0.15) is 12.2 Å². The first-order valence-electron chi connectivity index (χ1n) is 8.45. The standard InChI is InChI=1S/C16H25N7O.HI/c17-16(18-6-3-8-22-10-12-24-13-11-22)19-7-5-15-21-20-14-4-1-2-9-23(14)15;/h1-2,4,9H,3,5-8,10-13H2,(H3,17,18,19);1H. The molecule has 0 radical (unpaired) electrons. The van der Waals surface area contributed by atoms with Gasteiger partial charge in [0.25, 0.3) is 0 Å². The number of rotatable bonds is 7. The van der Waals surface area contributed by atoms with Crippen LogP contribution in [0.4, 0.5) is 0 Å². The highest BCUT2D eigenvalue weighted by Crippen LogP contribution is 2.02. The lowest BCUT2D eigenvalue weighted by Crippen LogP contribution is -2.37. The number of nitrogens with two attached hydrogens (primary N) is 1. The van der Waals surface area contributed by atoms with E-state index in [1.165, 1.54) is 0 Å². The minimum Gasteiger partial charge on any atom is -0.379 e. The number of aromatic nitrogens is 3. The van der Waals surface area contributed by atoms with E-state index in [1.807, 2.05) is 28.8 Å². The van der Waals surface area contributed by atoms with Crippen LogP contribution >= 0.6 is 24.0 Å². The van der Waals surface area contributed by atoms with Crippen LogP contribution in [0.5, 0.6) is 0 Å². The monoisotopic (exact) mass is 459 g/mol. The molecule has 2 aromatic heterocycles. The topological polar surface area (TPSA) is 93.1 Å². The average molecular weight is 459 g/mol. The molecule has 3 heterocycles. The number of pyridine rings is 1. The molecule has 0 aromatic carbocycles. The van der Waals surface area contributed by atoms with Crippen molar-refractivity contribution >= 4 is 35.6 Å². The first-order valence-corrected chi connectivity index (χ1v) is 8.45. The summed E-state index contributed by atoms with van der Waals surface area (Å²) in [6.07, 6.45) is 3.72. The first kappa shape index (κ1) is 19.9. The van der Waals surface area contributed by atoms with Gasteiger partial charge in [0.1, 0.15) is 5.82 Å². The second-order valence-corrected chi connectivity index (χ2v) is 5.80. The van der Waals surface area contributed by atoms with Crippen molar-refractivity contribution in [2.45, 2.75) is 12.8 Å². The predicted molar refractivity (Wildman–Crippen MR) is 108 cm³/mol. The quantitative estimate of drug-likeness (QED) is 0.272. The highest BCUT2D eigenvalue weighted by atomic mass is 127. The van der Waals surface area contributed by atoms with Gasteiger partial charge in [-0.1, -0.05) is 6.07 Å². The number of hydrogen-bond acceptors (Lipinski definition) is 5. The molecule has 8 nitrogen and oxygen atoms in total. The molecule has 0 bridgehead atoms. The average Bonchev–Trinajstić information content (AvgIpc) is 3.03. The molecular formula is C16H26IN7O. The summed E-state index contributed by atoms with van der Waals surface area (Å²) >= 11 is 0. The second-order valence-electron chi connectivity index (χ2n) is 5.80. The molecule has 3 rings (SSSR count). The smallest absolute Gasteiger partial charge is 0.188 e. The molecule has 0 amide bonds. The third-order valence-corrected chi connectivity index (χ3v) is 4.06. The lowest BCUT2D eigenvalue weighted by molar-refractivity contribution is 0.0377. The van der Waals surface area contributed by atoms with Crippen molar-refractivity contribution in [3.8, 4) is 0 Å². The molecule has 138 valence electrons. The van der Waals surface area contributed by atoms with Crippen LogP contribution in [0.3, 0.4) is 0 Å². The maximum atomic E-state index is 5.91. The highest BCUT2D eigenvalue weighted by molar-refractivity contribution is 14.0. The van der Waals surface area contributed by atoms with Crippen LogP contribution < -0.4 is 11.1 Å². The highest BCUT2D eigenvalue weighted by Gasteiger charge is 2.09. The van der Waals surface area contributed by atoms with Gasteiger partial charge in [-0.3, -0.25) is 14.3 Å². The van der Waals surface area contributed by atoms with E-state index in [2.05, 4.69) is 25.4 Å². The van der Waals surface area contributed by atoms with E-state index in [1.54, 1.807) is 0 Å². The zero-order valence-electron chi connectivity index (χ0n) is 14.3. The van der Waals surface area contributed by atoms with Crippen LogP contribution in [-0.4, -0.2) is 71.4 Å². The Balaban J connectivity index is 0.00000225. The Labute approximate surface area is 164 Å². The van der Waals surface area contributed by atoms with Gasteiger partial charge < -0.3 is 15.8 Å². The maximum absolute atomic E-state index is 5.91. The zero-order valence-corrected chi connectivity index (χ0v) is 16.6. The molecule has 0 atom stereocenters. The van der Waals surface area contributed by atoms with Crippen molar-refractivity contribution < 1.29 is 4.74 Å². The van der Waals surface area contributed by atoms with E-state index in [4.69, 9.17) is 10.5 Å². The molecular weight excluding hydrogens is 433 g/mol. The molecule has 1 fully saturated rings. The fourth-order valence-corrected chi connectivity index (χ4v) is 2.74. The summed E-state index contributed by atoms with van der Waals surface area (Å²) in [5.41, 5.74) is 6.77. The second kappa shape index (κ2) is 10.5. The van der Waals surface area contributed by atoms with Crippen molar-refractivity contribution in [3.63, 3.8) is 0 Å². The van der Waals surface area contributed by atoms with Gasteiger partial charge in [0.05, 0.1) is 13.2 Å². The minimum absolute atomic E-state index is 0. The van der Waals surface area contributed by atoms with Crippen LogP contribution in [0.25, 0.3) is 5.65 Å². The van der Waals surface area contributed by atoms with Gasteiger partial charge in [-0.25, -0.2) is 0 Å². The molecule has 1 saturated heterocycles. The van der Waals surface area contributed by atoms with Crippen LogP contribution in [0, 0.1) is 0 Å². The predicted octanol–water partition coefficient (Wildman–Crippen LogP) is 0.516. The molecule has 1 aliphatic heterocycles. The Bertz CT molecular complexity index is 669. The van der Waals surface area contributed by atoms with Crippen LogP contribution in [-0.2, 0) is 11.2 Å². The van der Waals surface area contributed by atoms with E-state index in [0.29, 0.717) is 12.5 Å². The fourth-order valence-electron chi connectivity index (χ4n) is 2.74. The van der Waals surface area contributed by atoms with E-state index >= 15 is 0 Å². The van der Waals surface area contributed by atoms with E-state index < -0.39 is 0 Å². The normalized spacial score (nSPS) is 15.9. The summed E-state index contributed by atoms with van der Waals surface area (Å²) in [5.74, 6) is 1.41. The van der Waals surface area contributed by atoms with Gasteiger partial charge in [0, 0.05) is 45.3 Å². The van der Waals surface area contributed by atoms with Gasteiger partial charge in [0.2, 0.25) is 0 Å². The lowest BCUT2D eigenvalue weighted by atomic mass is 10.3. The summed E-state index contributed by atoms with van der Waals surface area (Å²) < 4.78 is 7.32. The number of fused-ring (bicyclic) bond motifs is 1. The van der Waals surface area contributed by atoms with Crippen molar-refractivity contribution in [2.24, 2.45) is 10.7 Å². The van der Waals surface area contributed by atoms with Gasteiger partial charge in [-0.05, 0) is 18.6 Å². The molecule has 2 aromatic rings. The van der Waals surface area contributed by atoms with Crippen molar-refractivity contribution in [1.82, 2.24) is 24.8 Å². The molecule has 0 unspecified atom stereocenters. The number of nitrogens with one attached hydrogen (secondary N) is 1. The van der Waals surface area contributed by atoms with Gasteiger partial charge >= 0.3 is 0 Å². The molecule has 0 spiro atoms. The molecule has 1 aliphatic rings. The number of halogens is 1. The Morgan fingerprint density at radius 3 is 2.96 bits per heavy atom. The maximum Gasteiger partial charge on any atom is 0.188 e. The minimum atomic E-state index is 0. The third kappa shape index (κ3) is 6.08. The third-order valence-electron chi connectivity index (χ3n) is 4.06. The van der Waals surface area contributed by atoms with Crippen molar-refractivity contribution in [2.75, 3.05) is 45.9 Å². The summed E-state index contributed by atoms with van der Waals surface area (Å²) in [6.45, 7) is 6.19. The summed E-state index contributed by atoms with van der Waals surface area (Å²) in [7, 11) is 0. The Hall–Kier alpha value is -1.46. The molecule has 3 N–H and O–H groups in total. The van der Waals surface area contributed by atoms with Crippen molar-refractivity contribution in [1.29, 1.82) is 0 Å².